The number of anilines is 1. The van der Waals surface area contributed by atoms with Crippen molar-refractivity contribution in [1.82, 2.24) is 29.7 Å². The summed E-state index contributed by atoms with van der Waals surface area (Å²) in [6.45, 7) is 9.80. The van der Waals surface area contributed by atoms with E-state index in [2.05, 4.69) is 44.9 Å². The summed E-state index contributed by atoms with van der Waals surface area (Å²) in [5.41, 5.74) is 9.57. The van der Waals surface area contributed by atoms with Crippen LogP contribution in [-0.4, -0.2) is 34.8 Å². The number of hydrogen-bond donors (Lipinski definition) is 3. The van der Waals surface area contributed by atoms with Crippen molar-refractivity contribution in [3.63, 3.8) is 0 Å². The molecular weight excluding hydrogens is 378 g/mol. The second-order valence-corrected chi connectivity index (χ2v) is 8.42. The van der Waals surface area contributed by atoms with Gasteiger partial charge in [0.25, 0.3) is 0 Å². The van der Waals surface area contributed by atoms with Crippen LogP contribution in [0.15, 0.2) is 36.9 Å². The van der Waals surface area contributed by atoms with Gasteiger partial charge in [0.05, 0.1) is 17.6 Å². The van der Waals surface area contributed by atoms with E-state index in [4.69, 9.17) is 5.73 Å². The summed E-state index contributed by atoms with van der Waals surface area (Å²) >= 11 is 0. The van der Waals surface area contributed by atoms with Gasteiger partial charge in [-0.2, -0.15) is 5.10 Å². The predicted octanol–water partition coefficient (Wildman–Crippen LogP) is 3.91. The van der Waals surface area contributed by atoms with E-state index in [1.807, 2.05) is 43.3 Å². The number of nitrogen functional groups attached to an aromatic ring is 1. The summed E-state index contributed by atoms with van der Waals surface area (Å²) < 4.78 is 1.92. The van der Waals surface area contributed by atoms with E-state index in [9.17, 15) is 5.11 Å². The fraction of sp³-hybridized carbons (Fsp3) is 0.364. The molecule has 8 nitrogen and oxygen atoms in total. The molecule has 0 spiro atoms. The van der Waals surface area contributed by atoms with Crippen molar-refractivity contribution in [2.45, 2.75) is 46.3 Å². The Bertz CT molecular complexity index is 1200. The second-order valence-electron chi connectivity index (χ2n) is 8.42. The molecule has 4 heterocycles. The van der Waals surface area contributed by atoms with Crippen LogP contribution >= 0.6 is 0 Å². The van der Waals surface area contributed by atoms with Crippen LogP contribution in [0.2, 0.25) is 0 Å². The highest BCUT2D eigenvalue weighted by Gasteiger charge is 2.30. The molecule has 1 atom stereocenters. The van der Waals surface area contributed by atoms with E-state index < -0.39 is 5.60 Å². The Morgan fingerprint density at radius 3 is 2.53 bits per heavy atom. The van der Waals surface area contributed by atoms with Crippen molar-refractivity contribution in [1.29, 1.82) is 0 Å². The average Bonchev–Trinajstić information content (AvgIpc) is 3.34. The van der Waals surface area contributed by atoms with Crippen LogP contribution in [0.25, 0.3) is 33.4 Å². The molecule has 0 aliphatic heterocycles. The molecule has 4 aromatic heterocycles. The van der Waals surface area contributed by atoms with Crippen molar-refractivity contribution in [2.75, 3.05) is 5.73 Å². The van der Waals surface area contributed by atoms with Crippen molar-refractivity contribution in [3.8, 4) is 22.4 Å². The average molecular weight is 406 g/mol. The Morgan fingerprint density at radius 1 is 1.10 bits per heavy atom. The zero-order valence-electron chi connectivity index (χ0n) is 17.9. The molecule has 0 radical (unpaired) electrons. The molecule has 0 amide bonds. The Kier molecular flexibility index (Phi) is 4.82. The van der Waals surface area contributed by atoms with E-state index in [0.29, 0.717) is 11.4 Å². The minimum Gasteiger partial charge on any atom is -0.384 e. The second kappa shape index (κ2) is 7.21. The SMILES string of the molecule is CC(C)n1cc(-c2cnc3[nH]cc(-c4cc(C(C)(O)C(C)C)nc(N)n4)c3c2)cn1. The molecular formula is C22H27N7O. The highest BCUT2D eigenvalue weighted by molar-refractivity contribution is 5.95. The minimum atomic E-state index is -1.12. The summed E-state index contributed by atoms with van der Waals surface area (Å²) in [4.78, 5) is 16.5. The maximum atomic E-state index is 10.9. The largest absolute Gasteiger partial charge is 0.384 e. The third kappa shape index (κ3) is 3.43. The predicted molar refractivity (Wildman–Crippen MR) is 118 cm³/mol. The zero-order valence-corrected chi connectivity index (χ0v) is 17.9. The highest BCUT2D eigenvalue weighted by Crippen LogP contribution is 2.34. The van der Waals surface area contributed by atoms with Crippen LogP contribution in [0.1, 0.15) is 46.4 Å². The quantitative estimate of drug-likeness (QED) is 0.463. The van der Waals surface area contributed by atoms with Gasteiger partial charge >= 0.3 is 0 Å². The van der Waals surface area contributed by atoms with Gasteiger partial charge in [-0.25, -0.2) is 15.0 Å². The van der Waals surface area contributed by atoms with E-state index >= 15 is 0 Å². The van der Waals surface area contributed by atoms with Crippen molar-refractivity contribution < 1.29 is 5.11 Å². The number of nitrogens with two attached hydrogens (primary N) is 1. The number of H-pyrrole nitrogens is 1. The first kappa shape index (κ1) is 20.0. The first-order chi connectivity index (χ1) is 14.2. The van der Waals surface area contributed by atoms with Crippen LogP contribution in [0, 0.1) is 5.92 Å². The van der Waals surface area contributed by atoms with Crippen LogP contribution in [0.5, 0.6) is 0 Å². The first-order valence-corrected chi connectivity index (χ1v) is 10.1. The Hall–Kier alpha value is -3.26. The number of aliphatic hydroxyl groups is 1. The molecule has 0 bridgehead atoms. The standard InChI is InChI=1S/C22H27N7O/c1-12(2)22(5,30)19-7-18(27-21(23)28-19)17-10-25-20-16(17)6-14(8-24-20)15-9-26-29(11-15)13(3)4/h6-13,30H,1-5H3,(H,24,25)(H2,23,27,28). The van der Waals surface area contributed by atoms with Gasteiger partial charge in [0.1, 0.15) is 11.2 Å². The summed E-state index contributed by atoms with van der Waals surface area (Å²) in [5.74, 6) is 0.0912. The molecule has 0 saturated carbocycles. The van der Waals surface area contributed by atoms with Crippen LogP contribution in [0.4, 0.5) is 5.95 Å². The van der Waals surface area contributed by atoms with Crippen molar-refractivity contribution >= 4 is 17.0 Å². The van der Waals surface area contributed by atoms with Crippen molar-refractivity contribution in [2.24, 2.45) is 5.92 Å². The highest BCUT2D eigenvalue weighted by atomic mass is 16.3. The number of hydrogen-bond acceptors (Lipinski definition) is 6. The van der Waals surface area contributed by atoms with Gasteiger partial charge in [-0.15, -0.1) is 0 Å². The van der Waals surface area contributed by atoms with E-state index in [0.717, 1.165) is 27.7 Å². The third-order valence-electron chi connectivity index (χ3n) is 5.66. The molecule has 30 heavy (non-hydrogen) atoms. The van der Waals surface area contributed by atoms with Gasteiger partial charge < -0.3 is 15.8 Å². The Morgan fingerprint density at radius 2 is 1.87 bits per heavy atom. The van der Waals surface area contributed by atoms with Crippen molar-refractivity contribution in [3.05, 3.63) is 42.6 Å². The molecule has 0 saturated heterocycles. The van der Waals surface area contributed by atoms with E-state index in [1.54, 1.807) is 13.0 Å². The van der Waals surface area contributed by atoms with Gasteiger partial charge in [-0.1, -0.05) is 13.8 Å². The van der Waals surface area contributed by atoms with Gasteiger partial charge in [0.2, 0.25) is 5.95 Å². The molecule has 0 aliphatic carbocycles. The monoisotopic (exact) mass is 405 g/mol. The summed E-state index contributed by atoms with van der Waals surface area (Å²) in [5, 5.41) is 16.2. The smallest absolute Gasteiger partial charge is 0.220 e. The van der Waals surface area contributed by atoms with E-state index in [1.165, 1.54) is 0 Å². The number of aromatic amines is 1. The summed E-state index contributed by atoms with van der Waals surface area (Å²) in [6, 6.07) is 4.14. The summed E-state index contributed by atoms with van der Waals surface area (Å²) in [6.07, 6.45) is 7.54. The number of pyridine rings is 1. The Balaban J connectivity index is 1.83. The maximum Gasteiger partial charge on any atom is 0.220 e. The number of fused-ring (bicyclic) bond motifs is 1. The molecule has 4 N–H and O–H groups in total. The molecule has 0 fully saturated rings. The third-order valence-corrected chi connectivity index (χ3v) is 5.66. The summed E-state index contributed by atoms with van der Waals surface area (Å²) in [7, 11) is 0. The lowest BCUT2D eigenvalue weighted by Crippen LogP contribution is -2.29. The molecule has 1 unspecified atom stereocenters. The first-order valence-electron chi connectivity index (χ1n) is 10.1. The molecule has 4 aromatic rings. The van der Waals surface area contributed by atoms with Crippen LogP contribution in [0.3, 0.4) is 0 Å². The molecule has 4 rings (SSSR count). The lowest BCUT2D eigenvalue weighted by atomic mass is 9.88. The van der Waals surface area contributed by atoms with Crippen LogP contribution in [-0.2, 0) is 5.60 Å². The van der Waals surface area contributed by atoms with Gasteiger partial charge in [-0.05, 0) is 38.8 Å². The number of nitrogens with one attached hydrogen (secondary N) is 1. The van der Waals surface area contributed by atoms with Gasteiger partial charge in [-0.3, -0.25) is 4.68 Å². The number of aromatic nitrogens is 6. The topological polar surface area (TPSA) is 119 Å². The number of nitrogens with zero attached hydrogens (tertiary/aromatic N) is 5. The normalized spacial score (nSPS) is 14.0. The zero-order chi connectivity index (χ0) is 21.6. The molecule has 8 heteroatoms. The fourth-order valence-corrected chi connectivity index (χ4v) is 3.30. The fourth-order valence-electron chi connectivity index (χ4n) is 3.30. The van der Waals surface area contributed by atoms with Crippen LogP contribution < -0.4 is 5.73 Å². The van der Waals surface area contributed by atoms with Gasteiger partial charge in [0, 0.05) is 46.7 Å². The minimum absolute atomic E-state index is 0.0339. The van der Waals surface area contributed by atoms with Gasteiger partial charge in [0.15, 0.2) is 0 Å². The molecule has 0 aliphatic rings. The lowest BCUT2D eigenvalue weighted by Gasteiger charge is -2.27. The Labute approximate surface area is 175 Å². The maximum absolute atomic E-state index is 10.9. The molecule has 0 aromatic carbocycles. The van der Waals surface area contributed by atoms with E-state index in [-0.39, 0.29) is 17.9 Å². The molecule has 156 valence electrons. The number of rotatable bonds is 5. The lowest BCUT2D eigenvalue weighted by molar-refractivity contribution is 0.00494.